The van der Waals surface area contributed by atoms with Crippen LogP contribution in [0.25, 0.3) is 0 Å². The number of pyridine rings is 1. The predicted octanol–water partition coefficient (Wildman–Crippen LogP) is 2.08. The van der Waals surface area contributed by atoms with Crippen molar-refractivity contribution in [2.75, 3.05) is 19.0 Å². The molecule has 1 aromatic rings. The van der Waals surface area contributed by atoms with Gasteiger partial charge in [0.2, 0.25) is 0 Å². The zero-order valence-electron chi connectivity index (χ0n) is 8.64. The van der Waals surface area contributed by atoms with Gasteiger partial charge in [0, 0.05) is 7.11 Å². The maximum absolute atomic E-state index is 12.4. The normalized spacial score (nSPS) is 19.4. The SMILES string of the molecule is COC[C@@H]1Cc2cc(C(F)(F)F)ncc2N1. The van der Waals surface area contributed by atoms with Gasteiger partial charge in [0.05, 0.1) is 24.5 Å². The Kier molecular flexibility index (Phi) is 2.75. The van der Waals surface area contributed by atoms with Gasteiger partial charge in [0.1, 0.15) is 5.69 Å². The summed E-state index contributed by atoms with van der Waals surface area (Å²) in [6, 6.07) is 1.13. The molecule has 0 aliphatic carbocycles. The molecule has 0 bridgehead atoms. The van der Waals surface area contributed by atoms with E-state index in [4.69, 9.17) is 4.74 Å². The first-order chi connectivity index (χ1) is 7.50. The highest BCUT2D eigenvalue weighted by Gasteiger charge is 2.34. The number of hydrogen-bond acceptors (Lipinski definition) is 3. The molecule has 0 amide bonds. The maximum atomic E-state index is 12.4. The Labute approximate surface area is 90.6 Å². The smallest absolute Gasteiger partial charge is 0.383 e. The quantitative estimate of drug-likeness (QED) is 0.847. The lowest BCUT2D eigenvalue weighted by molar-refractivity contribution is -0.141. The molecule has 0 saturated heterocycles. The fourth-order valence-electron chi connectivity index (χ4n) is 1.79. The zero-order valence-corrected chi connectivity index (χ0v) is 8.64. The van der Waals surface area contributed by atoms with Crippen molar-refractivity contribution in [1.82, 2.24) is 4.98 Å². The Hall–Kier alpha value is -1.30. The van der Waals surface area contributed by atoms with Crippen LogP contribution in [0.3, 0.4) is 0 Å². The van der Waals surface area contributed by atoms with E-state index in [1.165, 1.54) is 6.20 Å². The number of aromatic nitrogens is 1. The Morgan fingerprint density at radius 3 is 2.94 bits per heavy atom. The predicted molar refractivity (Wildman–Crippen MR) is 52.2 cm³/mol. The molecule has 1 aliphatic heterocycles. The van der Waals surface area contributed by atoms with Gasteiger partial charge in [-0.3, -0.25) is 0 Å². The van der Waals surface area contributed by atoms with Crippen molar-refractivity contribution in [3.8, 4) is 0 Å². The van der Waals surface area contributed by atoms with Crippen LogP contribution in [-0.2, 0) is 17.3 Å². The van der Waals surface area contributed by atoms with Crippen molar-refractivity contribution >= 4 is 5.69 Å². The summed E-state index contributed by atoms with van der Waals surface area (Å²) in [6.45, 7) is 0.468. The van der Waals surface area contributed by atoms with E-state index in [9.17, 15) is 13.2 Å². The van der Waals surface area contributed by atoms with Crippen molar-refractivity contribution < 1.29 is 17.9 Å². The number of fused-ring (bicyclic) bond motifs is 1. The summed E-state index contributed by atoms with van der Waals surface area (Å²) in [5.74, 6) is 0. The molecule has 0 aromatic carbocycles. The van der Waals surface area contributed by atoms with E-state index < -0.39 is 11.9 Å². The van der Waals surface area contributed by atoms with Crippen LogP contribution in [0.15, 0.2) is 12.3 Å². The second-order valence-corrected chi connectivity index (χ2v) is 3.73. The van der Waals surface area contributed by atoms with Crippen LogP contribution in [0.4, 0.5) is 18.9 Å². The molecule has 0 unspecified atom stereocenters. The van der Waals surface area contributed by atoms with E-state index in [-0.39, 0.29) is 6.04 Å². The number of hydrogen-bond donors (Lipinski definition) is 1. The van der Waals surface area contributed by atoms with Crippen molar-refractivity contribution in [2.24, 2.45) is 0 Å². The average molecular weight is 232 g/mol. The average Bonchev–Trinajstić information content (AvgIpc) is 2.57. The molecule has 1 aliphatic rings. The van der Waals surface area contributed by atoms with Gasteiger partial charge in [-0.15, -0.1) is 0 Å². The Morgan fingerprint density at radius 2 is 2.31 bits per heavy atom. The number of ether oxygens (including phenoxy) is 1. The third kappa shape index (κ3) is 2.11. The number of anilines is 1. The first-order valence-corrected chi connectivity index (χ1v) is 4.82. The molecule has 1 N–H and O–H groups in total. The lowest BCUT2D eigenvalue weighted by Crippen LogP contribution is -2.21. The molecule has 16 heavy (non-hydrogen) atoms. The fraction of sp³-hybridized carbons (Fsp3) is 0.500. The van der Waals surface area contributed by atoms with Crippen molar-refractivity contribution in [3.63, 3.8) is 0 Å². The van der Waals surface area contributed by atoms with Crippen molar-refractivity contribution in [3.05, 3.63) is 23.5 Å². The van der Waals surface area contributed by atoms with Crippen molar-refractivity contribution in [1.29, 1.82) is 0 Å². The van der Waals surface area contributed by atoms with Gasteiger partial charge in [-0.2, -0.15) is 13.2 Å². The molecule has 3 nitrogen and oxygen atoms in total. The molecule has 0 saturated carbocycles. The maximum Gasteiger partial charge on any atom is 0.433 e. The number of alkyl halides is 3. The van der Waals surface area contributed by atoms with Crippen LogP contribution in [0.1, 0.15) is 11.3 Å². The fourth-order valence-corrected chi connectivity index (χ4v) is 1.79. The minimum absolute atomic E-state index is 0.0327. The van der Waals surface area contributed by atoms with E-state index in [1.807, 2.05) is 0 Å². The minimum Gasteiger partial charge on any atom is -0.383 e. The van der Waals surface area contributed by atoms with Crippen LogP contribution in [0, 0.1) is 0 Å². The molecular weight excluding hydrogens is 221 g/mol. The van der Waals surface area contributed by atoms with Gasteiger partial charge in [-0.1, -0.05) is 0 Å². The molecule has 2 heterocycles. The largest absolute Gasteiger partial charge is 0.433 e. The number of halogens is 3. The first kappa shape index (κ1) is 11.2. The Balaban J connectivity index is 2.21. The standard InChI is InChI=1S/C10H11F3N2O/c1-16-5-7-2-6-3-9(10(11,12)13)14-4-8(6)15-7/h3-4,7,15H,2,5H2,1H3/t7-/m0/s1. The van der Waals surface area contributed by atoms with E-state index in [2.05, 4.69) is 10.3 Å². The summed E-state index contributed by atoms with van der Waals surface area (Å²) in [5.41, 5.74) is 0.463. The van der Waals surface area contributed by atoms with E-state index in [0.29, 0.717) is 24.3 Å². The second kappa shape index (κ2) is 3.93. The number of methoxy groups -OCH3 is 1. The molecule has 0 radical (unpaired) electrons. The van der Waals surface area contributed by atoms with Crippen LogP contribution in [-0.4, -0.2) is 24.7 Å². The molecule has 6 heteroatoms. The highest BCUT2D eigenvalue weighted by molar-refractivity contribution is 5.56. The summed E-state index contributed by atoms with van der Waals surface area (Å²) in [5, 5.41) is 3.06. The molecule has 0 spiro atoms. The molecule has 1 atom stereocenters. The summed E-state index contributed by atoms with van der Waals surface area (Å²) in [7, 11) is 1.56. The highest BCUT2D eigenvalue weighted by atomic mass is 19.4. The first-order valence-electron chi connectivity index (χ1n) is 4.82. The van der Waals surface area contributed by atoms with Gasteiger partial charge in [0.15, 0.2) is 0 Å². The van der Waals surface area contributed by atoms with E-state index in [1.54, 1.807) is 7.11 Å². The Bertz CT molecular complexity index is 392. The zero-order chi connectivity index (χ0) is 11.8. The van der Waals surface area contributed by atoms with Crippen LogP contribution < -0.4 is 5.32 Å². The van der Waals surface area contributed by atoms with Crippen molar-refractivity contribution in [2.45, 2.75) is 18.6 Å². The minimum atomic E-state index is -4.38. The van der Waals surface area contributed by atoms with Crippen LogP contribution in [0.2, 0.25) is 0 Å². The van der Waals surface area contributed by atoms with E-state index in [0.717, 1.165) is 6.07 Å². The van der Waals surface area contributed by atoms with Crippen LogP contribution >= 0.6 is 0 Å². The third-order valence-electron chi connectivity index (χ3n) is 2.47. The van der Waals surface area contributed by atoms with E-state index >= 15 is 0 Å². The Morgan fingerprint density at radius 1 is 1.56 bits per heavy atom. The lowest BCUT2D eigenvalue weighted by Gasteiger charge is -2.08. The molecule has 1 aromatic heterocycles. The van der Waals surface area contributed by atoms with Gasteiger partial charge in [0.25, 0.3) is 0 Å². The van der Waals surface area contributed by atoms with Gasteiger partial charge in [-0.25, -0.2) is 4.98 Å². The molecule has 0 fully saturated rings. The summed E-state index contributed by atoms with van der Waals surface area (Å²) in [4.78, 5) is 3.39. The second-order valence-electron chi connectivity index (χ2n) is 3.73. The molecule has 88 valence electrons. The number of rotatable bonds is 2. The van der Waals surface area contributed by atoms with Gasteiger partial charge >= 0.3 is 6.18 Å². The topological polar surface area (TPSA) is 34.1 Å². The van der Waals surface area contributed by atoms with Gasteiger partial charge in [-0.05, 0) is 18.1 Å². The van der Waals surface area contributed by atoms with Crippen LogP contribution in [0.5, 0.6) is 0 Å². The third-order valence-corrected chi connectivity index (χ3v) is 2.47. The van der Waals surface area contributed by atoms with Gasteiger partial charge < -0.3 is 10.1 Å². The summed E-state index contributed by atoms with van der Waals surface area (Å²) < 4.78 is 42.1. The monoisotopic (exact) mass is 232 g/mol. The lowest BCUT2D eigenvalue weighted by atomic mass is 10.1. The summed E-state index contributed by atoms with van der Waals surface area (Å²) >= 11 is 0. The number of nitrogens with one attached hydrogen (secondary N) is 1. The number of nitrogens with zero attached hydrogens (tertiary/aromatic N) is 1. The molecular formula is C10H11F3N2O. The molecule has 2 rings (SSSR count). The highest BCUT2D eigenvalue weighted by Crippen LogP contribution is 2.32. The summed E-state index contributed by atoms with van der Waals surface area (Å²) in [6.07, 6.45) is -2.61.